The number of hydrogen-bond donors (Lipinski definition) is 0. The molecule has 1 saturated heterocycles. The minimum Gasteiger partial charge on any atom is -0.338 e. The second-order valence-corrected chi connectivity index (χ2v) is 3.47. The lowest BCUT2D eigenvalue weighted by molar-refractivity contribution is 0.217. The lowest BCUT2D eigenvalue weighted by atomic mass is 10.2. The molecule has 4 heteroatoms. The van der Waals surface area contributed by atoms with Gasteiger partial charge in [0, 0.05) is 0 Å². The fourth-order valence-electron chi connectivity index (χ4n) is 1.93. The summed E-state index contributed by atoms with van der Waals surface area (Å²) >= 11 is 0. The topological polar surface area (TPSA) is 42.2 Å². The average molecular weight is 211 g/mol. The summed E-state index contributed by atoms with van der Waals surface area (Å²) in [7, 11) is 0. The van der Waals surface area contributed by atoms with E-state index < -0.39 is 0 Å². The summed E-state index contributed by atoms with van der Waals surface area (Å²) in [6, 6.07) is 0.367. The van der Waals surface area contributed by atoms with Crippen LogP contribution >= 0.6 is 0 Å². The first kappa shape index (κ1) is 12.2. The molecule has 1 unspecified atom stereocenters. The molecule has 1 aromatic heterocycles. The van der Waals surface area contributed by atoms with Crippen molar-refractivity contribution in [1.82, 2.24) is 15.0 Å². The van der Waals surface area contributed by atoms with Crippen LogP contribution in [0.4, 0.5) is 0 Å². The van der Waals surface area contributed by atoms with Gasteiger partial charge in [-0.15, -0.1) is 0 Å². The van der Waals surface area contributed by atoms with Gasteiger partial charge in [0.15, 0.2) is 5.82 Å². The molecule has 1 aliphatic heterocycles. The van der Waals surface area contributed by atoms with Crippen molar-refractivity contribution in [2.24, 2.45) is 0 Å². The van der Waals surface area contributed by atoms with Gasteiger partial charge < -0.3 is 4.52 Å². The van der Waals surface area contributed by atoms with Crippen LogP contribution in [0.15, 0.2) is 4.52 Å². The number of likely N-dealkylation sites (tertiary alicyclic amines) is 1. The Morgan fingerprint density at radius 1 is 1.47 bits per heavy atom. The Morgan fingerprint density at radius 3 is 2.73 bits per heavy atom. The Labute approximate surface area is 91.7 Å². The van der Waals surface area contributed by atoms with Gasteiger partial charge in [0.2, 0.25) is 5.89 Å². The van der Waals surface area contributed by atoms with Crippen molar-refractivity contribution in [2.75, 3.05) is 13.1 Å². The van der Waals surface area contributed by atoms with Crippen LogP contribution < -0.4 is 0 Å². The predicted octanol–water partition coefficient (Wildman–Crippen LogP) is 2.56. The zero-order chi connectivity index (χ0) is 11.3. The Kier molecular flexibility index (Phi) is 4.75. The first-order valence-corrected chi connectivity index (χ1v) is 5.85. The highest BCUT2D eigenvalue weighted by molar-refractivity contribution is 4.95. The SMILES string of the molecule is CC.CCN1CCCC1c1nc(C)no1. The third kappa shape index (κ3) is 2.78. The summed E-state index contributed by atoms with van der Waals surface area (Å²) in [5, 5.41) is 3.82. The molecular formula is C11H21N3O. The maximum absolute atomic E-state index is 5.18. The van der Waals surface area contributed by atoms with Crippen molar-refractivity contribution >= 4 is 0 Å². The molecule has 0 bridgehead atoms. The third-order valence-electron chi connectivity index (χ3n) is 2.60. The third-order valence-corrected chi connectivity index (χ3v) is 2.60. The van der Waals surface area contributed by atoms with Crippen LogP contribution in [0.25, 0.3) is 0 Å². The van der Waals surface area contributed by atoms with Crippen LogP contribution in [0, 0.1) is 6.92 Å². The van der Waals surface area contributed by atoms with E-state index in [0.29, 0.717) is 6.04 Å². The van der Waals surface area contributed by atoms with E-state index in [0.717, 1.165) is 31.2 Å². The van der Waals surface area contributed by atoms with E-state index in [9.17, 15) is 0 Å². The van der Waals surface area contributed by atoms with Crippen LogP contribution in [0.2, 0.25) is 0 Å². The molecule has 2 heterocycles. The van der Waals surface area contributed by atoms with E-state index in [1.807, 2.05) is 20.8 Å². The van der Waals surface area contributed by atoms with Crippen molar-refractivity contribution in [3.63, 3.8) is 0 Å². The average Bonchev–Trinajstić information content (AvgIpc) is 2.88. The number of aromatic nitrogens is 2. The molecule has 1 aromatic rings. The largest absolute Gasteiger partial charge is 0.338 e. The maximum Gasteiger partial charge on any atom is 0.243 e. The van der Waals surface area contributed by atoms with Gasteiger partial charge in [0.1, 0.15) is 0 Å². The van der Waals surface area contributed by atoms with Crippen LogP contribution in [0.1, 0.15) is 51.4 Å². The summed E-state index contributed by atoms with van der Waals surface area (Å²) in [5.41, 5.74) is 0. The molecule has 4 nitrogen and oxygen atoms in total. The second kappa shape index (κ2) is 5.85. The zero-order valence-electron chi connectivity index (χ0n) is 10.2. The van der Waals surface area contributed by atoms with E-state index in [2.05, 4.69) is 22.0 Å². The highest BCUT2D eigenvalue weighted by atomic mass is 16.5. The van der Waals surface area contributed by atoms with Crippen LogP contribution in [-0.4, -0.2) is 28.1 Å². The minimum absolute atomic E-state index is 0.367. The maximum atomic E-state index is 5.18. The van der Waals surface area contributed by atoms with Crippen molar-refractivity contribution in [3.8, 4) is 0 Å². The van der Waals surface area contributed by atoms with E-state index in [4.69, 9.17) is 4.52 Å². The molecule has 1 fully saturated rings. The number of nitrogens with zero attached hydrogens (tertiary/aromatic N) is 3. The van der Waals surface area contributed by atoms with E-state index >= 15 is 0 Å². The standard InChI is InChI=1S/C9H15N3O.C2H6/c1-3-12-6-4-5-8(12)9-10-7(2)11-13-9;1-2/h8H,3-6H2,1-2H3;1-2H3. The van der Waals surface area contributed by atoms with Crippen LogP contribution in [0.3, 0.4) is 0 Å². The molecule has 2 rings (SSSR count). The van der Waals surface area contributed by atoms with Gasteiger partial charge >= 0.3 is 0 Å². The molecule has 0 spiro atoms. The smallest absolute Gasteiger partial charge is 0.243 e. The first-order chi connectivity index (χ1) is 7.31. The van der Waals surface area contributed by atoms with Gasteiger partial charge in [-0.25, -0.2) is 0 Å². The summed E-state index contributed by atoms with van der Waals surface area (Å²) < 4.78 is 5.18. The Morgan fingerprint density at radius 2 is 2.20 bits per heavy atom. The summed E-state index contributed by atoms with van der Waals surface area (Å²) in [6.45, 7) is 10.2. The van der Waals surface area contributed by atoms with Gasteiger partial charge in [-0.05, 0) is 32.9 Å². The monoisotopic (exact) mass is 211 g/mol. The second-order valence-electron chi connectivity index (χ2n) is 3.47. The lowest BCUT2D eigenvalue weighted by Crippen LogP contribution is -2.22. The zero-order valence-corrected chi connectivity index (χ0v) is 10.2. The molecule has 0 amide bonds. The van der Waals surface area contributed by atoms with Gasteiger partial charge in [-0.2, -0.15) is 4.98 Å². The van der Waals surface area contributed by atoms with Gasteiger partial charge in [0.25, 0.3) is 0 Å². The fraction of sp³-hybridized carbons (Fsp3) is 0.818. The summed E-state index contributed by atoms with van der Waals surface area (Å²) in [5.74, 6) is 1.52. The van der Waals surface area contributed by atoms with Crippen LogP contribution in [0.5, 0.6) is 0 Å². The Bertz CT molecular complexity index is 285. The van der Waals surface area contributed by atoms with E-state index in [-0.39, 0.29) is 0 Å². The van der Waals surface area contributed by atoms with Crippen molar-refractivity contribution in [1.29, 1.82) is 0 Å². The molecule has 86 valence electrons. The highest BCUT2D eigenvalue weighted by Crippen LogP contribution is 2.29. The van der Waals surface area contributed by atoms with Crippen molar-refractivity contribution in [3.05, 3.63) is 11.7 Å². The predicted molar refractivity (Wildman–Crippen MR) is 59.6 cm³/mol. The highest BCUT2D eigenvalue weighted by Gasteiger charge is 2.28. The molecule has 0 saturated carbocycles. The Balaban J connectivity index is 0.000000531. The molecule has 0 aliphatic carbocycles. The van der Waals surface area contributed by atoms with Crippen LogP contribution in [-0.2, 0) is 0 Å². The Hall–Kier alpha value is -0.900. The molecule has 15 heavy (non-hydrogen) atoms. The summed E-state index contributed by atoms with van der Waals surface area (Å²) in [6.07, 6.45) is 2.38. The molecule has 1 atom stereocenters. The number of aryl methyl sites for hydroxylation is 1. The van der Waals surface area contributed by atoms with Crippen molar-refractivity contribution in [2.45, 2.75) is 46.6 Å². The lowest BCUT2D eigenvalue weighted by Gasteiger charge is -2.18. The molecular weight excluding hydrogens is 190 g/mol. The van der Waals surface area contributed by atoms with Gasteiger partial charge in [-0.3, -0.25) is 4.90 Å². The van der Waals surface area contributed by atoms with Gasteiger partial charge in [0.05, 0.1) is 6.04 Å². The number of hydrogen-bond acceptors (Lipinski definition) is 4. The van der Waals surface area contributed by atoms with E-state index in [1.165, 1.54) is 6.42 Å². The van der Waals surface area contributed by atoms with E-state index in [1.54, 1.807) is 0 Å². The number of rotatable bonds is 2. The summed E-state index contributed by atoms with van der Waals surface area (Å²) in [4.78, 5) is 6.65. The quantitative estimate of drug-likeness (QED) is 0.754. The molecule has 0 aromatic carbocycles. The van der Waals surface area contributed by atoms with Crippen molar-refractivity contribution < 1.29 is 4.52 Å². The normalized spacial score (nSPS) is 21.2. The molecule has 0 radical (unpaired) electrons. The molecule has 0 N–H and O–H groups in total. The minimum atomic E-state index is 0.367. The first-order valence-electron chi connectivity index (χ1n) is 5.85. The fourth-order valence-corrected chi connectivity index (χ4v) is 1.93. The van der Waals surface area contributed by atoms with Gasteiger partial charge in [-0.1, -0.05) is 25.9 Å². The molecule has 1 aliphatic rings.